The standard InChI is InChI=1S/C11H13Cl2NO2S/c1-16-11(15)10(14)6-17-5-7-2-3-8(12)4-9(7)13/h2-4,10H,5-6,14H2,1H3. The fourth-order valence-electron chi connectivity index (χ4n) is 1.15. The van der Waals surface area contributed by atoms with Gasteiger partial charge in [-0.15, -0.1) is 0 Å². The minimum absolute atomic E-state index is 0.403. The molecule has 2 N–H and O–H groups in total. The predicted octanol–water partition coefficient (Wildman–Crippen LogP) is 2.73. The van der Waals surface area contributed by atoms with Gasteiger partial charge in [0.1, 0.15) is 6.04 Å². The molecule has 1 atom stereocenters. The van der Waals surface area contributed by atoms with E-state index in [1.807, 2.05) is 6.07 Å². The molecule has 3 nitrogen and oxygen atoms in total. The molecular formula is C11H13Cl2NO2S. The maximum Gasteiger partial charge on any atom is 0.323 e. The van der Waals surface area contributed by atoms with Crippen molar-refractivity contribution < 1.29 is 9.53 Å². The molecular weight excluding hydrogens is 281 g/mol. The Morgan fingerprint density at radius 2 is 2.24 bits per heavy atom. The summed E-state index contributed by atoms with van der Waals surface area (Å²) >= 11 is 13.3. The highest BCUT2D eigenvalue weighted by Crippen LogP contribution is 2.24. The van der Waals surface area contributed by atoms with Crippen molar-refractivity contribution >= 4 is 40.9 Å². The van der Waals surface area contributed by atoms with Crippen LogP contribution >= 0.6 is 35.0 Å². The van der Waals surface area contributed by atoms with Gasteiger partial charge in [0.05, 0.1) is 7.11 Å². The van der Waals surface area contributed by atoms with Crippen LogP contribution in [0.15, 0.2) is 18.2 Å². The van der Waals surface area contributed by atoms with Gasteiger partial charge < -0.3 is 10.5 Å². The van der Waals surface area contributed by atoms with Crippen LogP contribution in [0.1, 0.15) is 5.56 Å². The van der Waals surface area contributed by atoms with Gasteiger partial charge >= 0.3 is 5.97 Å². The Morgan fingerprint density at radius 3 is 2.82 bits per heavy atom. The number of hydrogen-bond donors (Lipinski definition) is 1. The smallest absolute Gasteiger partial charge is 0.323 e. The van der Waals surface area contributed by atoms with Crippen molar-refractivity contribution in [1.29, 1.82) is 0 Å². The van der Waals surface area contributed by atoms with E-state index in [-0.39, 0.29) is 0 Å². The Hall–Kier alpha value is -0.420. The summed E-state index contributed by atoms with van der Waals surface area (Å²) in [6, 6.07) is 4.74. The van der Waals surface area contributed by atoms with E-state index in [9.17, 15) is 4.79 Å². The van der Waals surface area contributed by atoms with Crippen LogP contribution in [0.25, 0.3) is 0 Å². The number of ether oxygens (including phenoxy) is 1. The van der Waals surface area contributed by atoms with Crippen LogP contribution in [0.4, 0.5) is 0 Å². The quantitative estimate of drug-likeness (QED) is 0.848. The molecule has 0 bridgehead atoms. The molecule has 6 heteroatoms. The molecule has 1 rings (SSSR count). The van der Waals surface area contributed by atoms with Crippen LogP contribution < -0.4 is 5.73 Å². The molecule has 0 aliphatic rings. The zero-order valence-corrected chi connectivity index (χ0v) is 11.6. The Bertz CT molecular complexity index is 401. The van der Waals surface area contributed by atoms with E-state index >= 15 is 0 Å². The Labute approximate surface area is 115 Å². The lowest BCUT2D eigenvalue weighted by Gasteiger charge is -2.09. The Balaban J connectivity index is 2.43. The van der Waals surface area contributed by atoms with Gasteiger partial charge in [0.15, 0.2) is 0 Å². The Morgan fingerprint density at radius 1 is 1.53 bits per heavy atom. The summed E-state index contributed by atoms with van der Waals surface area (Å²) in [6.07, 6.45) is 0. The molecule has 0 aliphatic carbocycles. The largest absolute Gasteiger partial charge is 0.468 e. The number of carbonyl (C=O) groups excluding carboxylic acids is 1. The van der Waals surface area contributed by atoms with E-state index in [1.165, 1.54) is 18.9 Å². The SMILES string of the molecule is COC(=O)C(N)CSCc1ccc(Cl)cc1Cl. The highest BCUT2D eigenvalue weighted by molar-refractivity contribution is 7.98. The normalized spacial score (nSPS) is 12.2. The third kappa shape index (κ3) is 4.76. The minimum Gasteiger partial charge on any atom is -0.468 e. The summed E-state index contributed by atoms with van der Waals surface area (Å²) in [5, 5.41) is 1.23. The number of methoxy groups -OCH3 is 1. The fraction of sp³-hybridized carbons (Fsp3) is 0.364. The van der Waals surface area contributed by atoms with Crippen LogP contribution in [0.2, 0.25) is 10.0 Å². The van der Waals surface area contributed by atoms with Crippen LogP contribution in [-0.4, -0.2) is 24.9 Å². The van der Waals surface area contributed by atoms with Crippen LogP contribution in [0, 0.1) is 0 Å². The fourth-order valence-corrected chi connectivity index (χ4v) is 2.69. The number of halogens is 2. The number of carbonyl (C=O) groups is 1. The number of rotatable bonds is 5. The minimum atomic E-state index is -0.601. The zero-order chi connectivity index (χ0) is 12.8. The van der Waals surface area contributed by atoms with Crippen LogP contribution in [0.5, 0.6) is 0 Å². The van der Waals surface area contributed by atoms with Gasteiger partial charge in [-0.2, -0.15) is 11.8 Å². The number of hydrogen-bond acceptors (Lipinski definition) is 4. The van der Waals surface area contributed by atoms with Gasteiger partial charge in [0.2, 0.25) is 0 Å². The lowest BCUT2D eigenvalue weighted by atomic mass is 10.2. The van der Waals surface area contributed by atoms with E-state index in [0.717, 1.165) is 5.56 Å². The summed E-state index contributed by atoms with van der Waals surface area (Å²) < 4.78 is 4.53. The van der Waals surface area contributed by atoms with Crippen molar-refractivity contribution in [2.75, 3.05) is 12.9 Å². The van der Waals surface area contributed by atoms with Gasteiger partial charge in [0.25, 0.3) is 0 Å². The van der Waals surface area contributed by atoms with Gasteiger partial charge in [-0.3, -0.25) is 4.79 Å². The highest BCUT2D eigenvalue weighted by Gasteiger charge is 2.13. The number of nitrogens with two attached hydrogens (primary N) is 1. The molecule has 0 spiro atoms. The summed E-state index contributed by atoms with van der Waals surface area (Å²) in [7, 11) is 1.32. The van der Waals surface area contributed by atoms with E-state index in [4.69, 9.17) is 28.9 Å². The molecule has 94 valence electrons. The number of thioether (sulfide) groups is 1. The van der Waals surface area contributed by atoms with Crippen molar-refractivity contribution in [2.45, 2.75) is 11.8 Å². The van der Waals surface area contributed by atoms with E-state index in [0.29, 0.717) is 21.6 Å². The van der Waals surface area contributed by atoms with E-state index in [1.54, 1.807) is 12.1 Å². The van der Waals surface area contributed by atoms with Crippen molar-refractivity contribution in [3.63, 3.8) is 0 Å². The maximum atomic E-state index is 11.1. The lowest BCUT2D eigenvalue weighted by molar-refractivity contribution is -0.141. The molecule has 1 aromatic carbocycles. The van der Waals surface area contributed by atoms with Gasteiger partial charge in [-0.05, 0) is 17.7 Å². The molecule has 0 saturated carbocycles. The molecule has 1 unspecified atom stereocenters. The van der Waals surface area contributed by atoms with Gasteiger partial charge in [0, 0.05) is 21.6 Å². The average molecular weight is 294 g/mol. The molecule has 17 heavy (non-hydrogen) atoms. The maximum absolute atomic E-state index is 11.1. The van der Waals surface area contributed by atoms with Crippen molar-refractivity contribution in [3.05, 3.63) is 33.8 Å². The molecule has 0 heterocycles. The molecule has 0 saturated heterocycles. The summed E-state index contributed by atoms with van der Waals surface area (Å²) in [4.78, 5) is 11.1. The topological polar surface area (TPSA) is 52.3 Å². The lowest BCUT2D eigenvalue weighted by Crippen LogP contribution is -2.33. The molecule has 0 fully saturated rings. The van der Waals surface area contributed by atoms with Gasteiger partial charge in [-0.25, -0.2) is 0 Å². The van der Waals surface area contributed by atoms with E-state index in [2.05, 4.69) is 4.74 Å². The van der Waals surface area contributed by atoms with Crippen LogP contribution in [0.3, 0.4) is 0 Å². The Kier molecular flexibility index (Phi) is 6.12. The number of esters is 1. The molecule has 0 aliphatic heterocycles. The molecule has 1 aromatic rings. The second-order valence-corrected chi connectivity index (χ2v) is 5.25. The first-order valence-corrected chi connectivity index (χ1v) is 6.80. The first-order valence-electron chi connectivity index (χ1n) is 4.89. The van der Waals surface area contributed by atoms with Crippen molar-refractivity contribution in [2.24, 2.45) is 5.73 Å². The number of benzene rings is 1. The van der Waals surface area contributed by atoms with Crippen molar-refractivity contribution in [3.8, 4) is 0 Å². The monoisotopic (exact) mass is 293 g/mol. The highest BCUT2D eigenvalue weighted by atomic mass is 35.5. The molecule has 0 aromatic heterocycles. The summed E-state index contributed by atoms with van der Waals surface area (Å²) in [6.45, 7) is 0. The second kappa shape index (κ2) is 7.11. The summed E-state index contributed by atoms with van der Waals surface area (Å²) in [5.74, 6) is 0.770. The van der Waals surface area contributed by atoms with Gasteiger partial charge in [-0.1, -0.05) is 29.3 Å². The third-order valence-electron chi connectivity index (χ3n) is 2.07. The van der Waals surface area contributed by atoms with Crippen molar-refractivity contribution in [1.82, 2.24) is 0 Å². The summed E-state index contributed by atoms with van der Waals surface area (Å²) in [5.41, 5.74) is 6.58. The first-order chi connectivity index (χ1) is 8.04. The molecule has 0 radical (unpaired) electrons. The third-order valence-corrected chi connectivity index (χ3v) is 3.77. The average Bonchev–Trinajstić information content (AvgIpc) is 2.30. The molecule has 0 amide bonds. The van der Waals surface area contributed by atoms with Crippen LogP contribution in [-0.2, 0) is 15.3 Å². The first kappa shape index (κ1) is 14.6. The second-order valence-electron chi connectivity index (χ2n) is 3.38. The van der Waals surface area contributed by atoms with E-state index < -0.39 is 12.0 Å². The predicted molar refractivity (Wildman–Crippen MR) is 72.6 cm³/mol. The zero-order valence-electron chi connectivity index (χ0n) is 9.28.